The van der Waals surface area contributed by atoms with Crippen LogP contribution in [0.1, 0.15) is 5.56 Å². The Kier molecular flexibility index (Phi) is 4.99. The molecule has 0 radical (unpaired) electrons. The predicted octanol–water partition coefficient (Wildman–Crippen LogP) is -0.290. The molecular weight excluding hydrogens is 324 g/mol. The van der Waals surface area contributed by atoms with E-state index in [-0.39, 0.29) is 36.9 Å². The Hall–Kier alpha value is -2.87. The van der Waals surface area contributed by atoms with Gasteiger partial charge in [0.15, 0.2) is 0 Å². The maximum absolute atomic E-state index is 12.6. The fourth-order valence-electron chi connectivity index (χ4n) is 2.86. The molecule has 132 valence electrons. The number of amides is 1. The zero-order valence-electron chi connectivity index (χ0n) is 13.9. The van der Waals surface area contributed by atoms with Crippen LogP contribution in [0.25, 0.3) is 0 Å². The summed E-state index contributed by atoms with van der Waals surface area (Å²) in [6, 6.07) is 7.43. The van der Waals surface area contributed by atoms with Crippen LogP contribution in [0.15, 0.2) is 40.5 Å². The van der Waals surface area contributed by atoms with Gasteiger partial charge in [-0.15, -0.1) is 0 Å². The fourth-order valence-corrected chi connectivity index (χ4v) is 2.86. The minimum Gasteiger partial charge on any atom is -0.466 e. The lowest BCUT2D eigenvalue weighted by Gasteiger charge is -2.16. The number of hydrogen-bond acceptors (Lipinski definition) is 7. The number of esters is 1. The van der Waals surface area contributed by atoms with Gasteiger partial charge in [0, 0.05) is 24.3 Å². The van der Waals surface area contributed by atoms with Crippen molar-refractivity contribution in [1.82, 2.24) is 10.2 Å². The predicted molar refractivity (Wildman–Crippen MR) is 92.2 cm³/mol. The van der Waals surface area contributed by atoms with Crippen LogP contribution in [0.4, 0.5) is 5.69 Å². The molecule has 0 bridgehead atoms. The van der Waals surface area contributed by atoms with E-state index in [9.17, 15) is 9.59 Å². The van der Waals surface area contributed by atoms with Crippen LogP contribution in [-0.4, -0.2) is 67.6 Å². The van der Waals surface area contributed by atoms with Crippen LogP contribution in [0, 0.1) is 0 Å². The summed E-state index contributed by atoms with van der Waals surface area (Å²) < 4.78 is 4.79. The van der Waals surface area contributed by atoms with E-state index in [1.807, 2.05) is 24.3 Å². The van der Waals surface area contributed by atoms with Crippen LogP contribution >= 0.6 is 0 Å². The highest BCUT2D eigenvalue weighted by Gasteiger charge is 2.34. The Morgan fingerprint density at radius 1 is 1.44 bits per heavy atom. The van der Waals surface area contributed by atoms with E-state index in [2.05, 4.69) is 15.6 Å². The SMILES string of the molecule is COC(=O)C1=C(Nc2ccccc2C2=NCCN2)C(=O)N(CCO)C1. The van der Waals surface area contributed by atoms with Crippen molar-refractivity contribution in [3.63, 3.8) is 0 Å². The van der Waals surface area contributed by atoms with Gasteiger partial charge in [0.05, 0.1) is 32.4 Å². The molecule has 0 aliphatic carbocycles. The molecule has 1 amide bonds. The molecule has 2 heterocycles. The molecule has 1 aromatic carbocycles. The quantitative estimate of drug-likeness (QED) is 0.613. The number of β-amino-alcohol motifs (C(OH)–C–C–N with tert-alkyl or cyclic N) is 1. The van der Waals surface area contributed by atoms with Crippen LogP contribution in [0.2, 0.25) is 0 Å². The van der Waals surface area contributed by atoms with Crippen molar-refractivity contribution in [1.29, 1.82) is 0 Å². The smallest absolute Gasteiger partial charge is 0.337 e. The van der Waals surface area contributed by atoms with Crippen LogP contribution in [0.3, 0.4) is 0 Å². The topological polar surface area (TPSA) is 103 Å². The number of ether oxygens (including phenoxy) is 1. The third-order valence-electron chi connectivity index (χ3n) is 4.07. The number of carbonyl (C=O) groups excluding carboxylic acids is 2. The van der Waals surface area contributed by atoms with Crippen molar-refractivity contribution in [2.45, 2.75) is 0 Å². The highest BCUT2D eigenvalue weighted by atomic mass is 16.5. The minimum atomic E-state index is -0.565. The first-order chi connectivity index (χ1) is 12.2. The second-order valence-electron chi connectivity index (χ2n) is 5.62. The van der Waals surface area contributed by atoms with Gasteiger partial charge < -0.3 is 25.4 Å². The molecule has 3 N–H and O–H groups in total. The molecule has 0 saturated heterocycles. The van der Waals surface area contributed by atoms with E-state index < -0.39 is 5.97 Å². The number of nitrogens with zero attached hydrogens (tertiary/aromatic N) is 2. The number of amidine groups is 1. The van der Waals surface area contributed by atoms with Gasteiger partial charge in [0.25, 0.3) is 5.91 Å². The summed E-state index contributed by atoms with van der Waals surface area (Å²) in [5.74, 6) is -0.156. The van der Waals surface area contributed by atoms with E-state index in [0.717, 1.165) is 17.9 Å². The molecule has 25 heavy (non-hydrogen) atoms. The molecule has 8 heteroatoms. The number of hydrogen-bond donors (Lipinski definition) is 3. The van der Waals surface area contributed by atoms with Crippen molar-refractivity contribution in [3.8, 4) is 0 Å². The standard InChI is InChI=1S/C17H20N4O4/c1-25-17(24)12-10-21(8-9-22)16(23)14(12)20-13-5-3-2-4-11(13)15-18-6-7-19-15/h2-5,20,22H,6-10H2,1H3,(H,18,19). The second kappa shape index (κ2) is 7.35. The van der Waals surface area contributed by atoms with Crippen molar-refractivity contribution in [3.05, 3.63) is 41.1 Å². The maximum atomic E-state index is 12.6. The lowest BCUT2D eigenvalue weighted by molar-refractivity contribution is -0.136. The summed E-state index contributed by atoms with van der Waals surface area (Å²) >= 11 is 0. The second-order valence-corrected chi connectivity index (χ2v) is 5.62. The normalized spacial score (nSPS) is 16.8. The number of nitrogens with one attached hydrogen (secondary N) is 2. The monoisotopic (exact) mass is 344 g/mol. The van der Waals surface area contributed by atoms with Gasteiger partial charge in [0.1, 0.15) is 11.5 Å². The number of rotatable bonds is 6. The molecule has 0 saturated carbocycles. The van der Waals surface area contributed by atoms with E-state index in [1.165, 1.54) is 12.0 Å². The Bertz CT molecular complexity index is 757. The van der Waals surface area contributed by atoms with Crippen LogP contribution in [0.5, 0.6) is 0 Å². The number of methoxy groups -OCH3 is 1. The Labute approximate surface area is 145 Å². The zero-order chi connectivity index (χ0) is 17.8. The summed E-state index contributed by atoms with van der Waals surface area (Å²) in [6.07, 6.45) is 0. The Morgan fingerprint density at radius 2 is 2.24 bits per heavy atom. The summed E-state index contributed by atoms with van der Waals surface area (Å²) in [7, 11) is 1.28. The van der Waals surface area contributed by atoms with Crippen LogP contribution in [-0.2, 0) is 14.3 Å². The molecule has 3 rings (SSSR count). The highest BCUT2D eigenvalue weighted by Crippen LogP contribution is 2.25. The van der Waals surface area contributed by atoms with Gasteiger partial charge in [-0.2, -0.15) is 0 Å². The van der Waals surface area contributed by atoms with Crippen LogP contribution < -0.4 is 10.6 Å². The van der Waals surface area contributed by atoms with Crippen molar-refractivity contribution in [2.24, 2.45) is 4.99 Å². The van der Waals surface area contributed by atoms with Crippen molar-refractivity contribution < 1.29 is 19.4 Å². The van der Waals surface area contributed by atoms with E-state index in [0.29, 0.717) is 12.2 Å². The largest absolute Gasteiger partial charge is 0.466 e. The first-order valence-electron chi connectivity index (χ1n) is 8.02. The van der Waals surface area contributed by atoms with Crippen molar-refractivity contribution >= 4 is 23.4 Å². The van der Waals surface area contributed by atoms with E-state index >= 15 is 0 Å². The van der Waals surface area contributed by atoms with Gasteiger partial charge in [-0.05, 0) is 12.1 Å². The summed E-state index contributed by atoms with van der Waals surface area (Å²) in [5, 5.41) is 15.4. The van der Waals surface area contributed by atoms with Gasteiger partial charge in [-0.3, -0.25) is 9.79 Å². The maximum Gasteiger partial charge on any atom is 0.337 e. The average molecular weight is 344 g/mol. The number of anilines is 1. The first kappa shape index (κ1) is 17.0. The number of carbonyl (C=O) groups is 2. The summed E-state index contributed by atoms with van der Waals surface area (Å²) in [5.41, 5.74) is 1.92. The molecule has 2 aliphatic rings. The summed E-state index contributed by atoms with van der Waals surface area (Å²) in [6.45, 7) is 1.55. The van der Waals surface area contributed by atoms with E-state index in [1.54, 1.807) is 0 Å². The van der Waals surface area contributed by atoms with Gasteiger partial charge in [0.2, 0.25) is 0 Å². The number of aliphatic hydroxyl groups is 1. The van der Waals surface area contributed by atoms with Gasteiger partial charge >= 0.3 is 5.97 Å². The number of para-hydroxylation sites is 1. The van der Waals surface area contributed by atoms with E-state index in [4.69, 9.17) is 9.84 Å². The molecule has 0 aromatic heterocycles. The molecule has 0 unspecified atom stereocenters. The molecular formula is C17H20N4O4. The molecule has 0 fully saturated rings. The Morgan fingerprint density at radius 3 is 2.92 bits per heavy atom. The first-order valence-corrected chi connectivity index (χ1v) is 8.02. The highest BCUT2D eigenvalue weighted by molar-refractivity contribution is 6.10. The molecule has 0 atom stereocenters. The molecule has 0 spiro atoms. The van der Waals surface area contributed by atoms with Crippen molar-refractivity contribution in [2.75, 3.05) is 45.2 Å². The Balaban J connectivity index is 1.94. The third-order valence-corrected chi connectivity index (χ3v) is 4.07. The average Bonchev–Trinajstić information content (AvgIpc) is 3.26. The molecule has 8 nitrogen and oxygen atoms in total. The fraction of sp³-hybridized carbons (Fsp3) is 0.353. The lowest BCUT2D eigenvalue weighted by atomic mass is 10.1. The zero-order valence-corrected chi connectivity index (χ0v) is 13.9. The van der Waals surface area contributed by atoms with Gasteiger partial charge in [-0.25, -0.2) is 4.79 Å². The number of aliphatic imine (C=N–C) groups is 1. The lowest BCUT2D eigenvalue weighted by Crippen LogP contribution is -2.31. The molecule has 1 aromatic rings. The number of benzene rings is 1. The number of aliphatic hydroxyl groups excluding tert-OH is 1. The summed E-state index contributed by atoms with van der Waals surface area (Å²) in [4.78, 5) is 30.5. The third kappa shape index (κ3) is 3.34. The minimum absolute atomic E-state index is 0.107. The molecule has 2 aliphatic heterocycles. The van der Waals surface area contributed by atoms with Gasteiger partial charge in [-0.1, -0.05) is 12.1 Å².